The summed E-state index contributed by atoms with van der Waals surface area (Å²) >= 11 is 0. The normalized spacial score (nSPS) is 31.1. The second kappa shape index (κ2) is 4.25. The highest BCUT2D eigenvalue weighted by Gasteiger charge is 2.44. The first-order chi connectivity index (χ1) is 8.59. The Bertz CT molecular complexity index is 374. The Labute approximate surface area is 108 Å². The fourth-order valence-electron chi connectivity index (χ4n) is 3.85. The maximum absolute atomic E-state index is 12.4. The number of hydrogen-bond acceptors (Lipinski definition) is 2. The van der Waals surface area contributed by atoms with Crippen LogP contribution in [0.25, 0.3) is 0 Å². The molecule has 1 atom stereocenters. The summed E-state index contributed by atoms with van der Waals surface area (Å²) in [7, 11) is 0. The van der Waals surface area contributed by atoms with E-state index in [2.05, 4.69) is 6.92 Å². The summed E-state index contributed by atoms with van der Waals surface area (Å²) in [5, 5.41) is 0. The second-order valence-electron chi connectivity index (χ2n) is 6.46. The molecule has 3 aliphatic rings. The Balaban J connectivity index is 1.72. The van der Waals surface area contributed by atoms with Crippen molar-refractivity contribution in [3.05, 3.63) is 0 Å². The number of rotatable bonds is 2. The number of hydrogen-bond donors (Lipinski definition) is 0. The fourth-order valence-corrected chi connectivity index (χ4v) is 3.85. The molecule has 4 heteroatoms. The van der Waals surface area contributed by atoms with E-state index in [0.717, 1.165) is 25.9 Å². The van der Waals surface area contributed by atoms with Gasteiger partial charge in [0.15, 0.2) is 0 Å². The van der Waals surface area contributed by atoms with Crippen LogP contribution in [-0.2, 0) is 9.59 Å². The number of piperazine rings is 1. The second-order valence-corrected chi connectivity index (χ2v) is 6.46. The molecule has 4 nitrogen and oxygen atoms in total. The van der Waals surface area contributed by atoms with E-state index in [-0.39, 0.29) is 23.3 Å². The molecule has 0 radical (unpaired) electrons. The van der Waals surface area contributed by atoms with Crippen molar-refractivity contribution >= 4 is 11.8 Å². The summed E-state index contributed by atoms with van der Waals surface area (Å²) in [6.07, 6.45) is 6.76. The van der Waals surface area contributed by atoms with E-state index in [4.69, 9.17) is 0 Å². The third-order valence-electron chi connectivity index (χ3n) is 4.88. The highest BCUT2D eigenvalue weighted by Crippen LogP contribution is 2.39. The van der Waals surface area contributed by atoms with Crippen molar-refractivity contribution in [2.24, 2.45) is 5.41 Å². The highest BCUT2D eigenvalue weighted by molar-refractivity contribution is 5.95. The molecule has 0 aromatic heterocycles. The molecular formula is C14H22N2O2. The Morgan fingerprint density at radius 3 is 2.67 bits per heavy atom. The van der Waals surface area contributed by atoms with E-state index in [1.807, 2.05) is 4.90 Å². The van der Waals surface area contributed by atoms with Gasteiger partial charge >= 0.3 is 0 Å². The van der Waals surface area contributed by atoms with Gasteiger partial charge in [0.2, 0.25) is 11.8 Å². The van der Waals surface area contributed by atoms with Gasteiger partial charge in [0.1, 0.15) is 6.04 Å². The van der Waals surface area contributed by atoms with Crippen molar-refractivity contribution in [2.75, 3.05) is 19.6 Å². The van der Waals surface area contributed by atoms with Gasteiger partial charge in [-0.15, -0.1) is 0 Å². The van der Waals surface area contributed by atoms with Gasteiger partial charge in [0.05, 0.1) is 6.54 Å². The lowest BCUT2D eigenvalue weighted by molar-refractivity contribution is -0.154. The summed E-state index contributed by atoms with van der Waals surface area (Å²) in [6.45, 7) is 4.13. The van der Waals surface area contributed by atoms with E-state index >= 15 is 0 Å². The molecule has 0 N–H and O–H groups in total. The Morgan fingerprint density at radius 1 is 1.22 bits per heavy atom. The van der Waals surface area contributed by atoms with Crippen LogP contribution < -0.4 is 0 Å². The van der Waals surface area contributed by atoms with Crippen molar-refractivity contribution in [1.82, 2.24) is 9.80 Å². The van der Waals surface area contributed by atoms with Gasteiger partial charge in [-0.05, 0) is 31.1 Å². The van der Waals surface area contributed by atoms with Crippen molar-refractivity contribution in [1.29, 1.82) is 0 Å². The lowest BCUT2D eigenvalue weighted by Gasteiger charge is -2.40. The van der Waals surface area contributed by atoms with E-state index < -0.39 is 0 Å². The fraction of sp³-hybridized carbons (Fsp3) is 0.857. The average molecular weight is 250 g/mol. The smallest absolute Gasteiger partial charge is 0.245 e. The number of carbonyl (C=O) groups excluding carboxylic acids is 2. The van der Waals surface area contributed by atoms with Crippen LogP contribution >= 0.6 is 0 Å². The number of fused-ring (bicyclic) bond motifs is 1. The zero-order valence-corrected chi connectivity index (χ0v) is 11.2. The average Bonchev–Trinajstić information content (AvgIpc) is 2.95. The predicted molar refractivity (Wildman–Crippen MR) is 67.9 cm³/mol. The minimum Gasteiger partial charge on any atom is -0.331 e. The Morgan fingerprint density at radius 2 is 1.94 bits per heavy atom. The van der Waals surface area contributed by atoms with Crippen molar-refractivity contribution in [3.8, 4) is 0 Å². The molecular weight excluding hydrogens is 228 g/mol. The highest BCUT2D eigenvalue weighted by atomic mass is 16.2. The SMILES string of the molecule is CC1(CN2CC(=O)N3CCCC3C2=O)CCCC1. The lowest BCUT2D eigenvalue weighted by atomic mass is 9.87. The molecule has 1 saturated carbocycles. The third-order valence-corrected chi connectivity index (χ3v) is 4.88. The molecule has 0 aromatic carbocycles. The number of amides is 2. The van der Waals surface area contributed by atoms with E-state index in [1.54, 1.807) is 4.90 Å². The molecule has 3 fully saturated rings. The van der Waals surface area contributed by atoms with Gasteiger partial charge in [0.25, 0.3) is 0 Å². The van der Waals surface area contributed by atoms with Gasteiger partial charge in [-0.1, -0.05) is 19.8 Å². The Kier molecular flexibility index (Phi) is 2.83. The van der Waals surface area contributed by atoms with Crippen LogP contribution in [0.1, 0.15) is 45.4 Å². The zero-order chi connectivity index (χ0) is 12.8. The van der Waals surface area contributed by atoms with E-state index in [0.29, 0.717) is 6.54 Å². The van der Waals surface area contributed by atoms with Crippen LogP contribution in [-0.4, -0.2) is 47.3 Å². The standard InChI is InChI=1S/C14H22N2O2/c1-14(6-2-3-7-14)10-15-9-12(17)16-8-4-5-11(16)13(15)18/h11H,2-10H2,1H3. The van der Waals surface area contributed by atoms with Gasteiger partial charge in [-0.25, -0.2) is 0 Å². The molecule has 18 heavy (non-hydrogen) atoms. The summed E-state index contributed by atoms with van der Waals surface area (Å²) < 4.78 is 0. The third kappa shape index (κ3) is 1.91. The minimum absolute atomic E-state index is 0.142. The molecule has 2 heterocycles. The number of nitrogens with zero attached hydrogens (tertiary/aromatic N) is 2. The van der Waals surface area contributed by atoms with Gasteiger partial charge in [0, 0.05) is 13.1 Å². The molecule has 2 amide bonds. The molecule has 0 bridgehead atoms. The van der Waals surface area contributed by atoms with Crippen LogP contribution in [0.2, 0.25) is 0 Å². The molecule has 0 spiro atoms. The summed E-state index contributed by atoms with van der Waals surface area (Å²) in [4.78, 5) is 28.1. The largest absolute Gasteiger partial charge is 0.331 e. The topological polar surface area (TPSA) is 40.6 Å². The first kappa shape index (κ1) is 12.0. The maximum atomic E-state index is 12.4. The molecule has 2 aliphatic heterocycles. The lowest BCUT2D eigenvalue weighted by Crippen LogP contribution is -2.58. The van der Waals surface area contributed by atoms with Crippen molar-refractivity contribution < 1.29 is 9.59 Å². The van der Waals surface area contributed by atoms with Crippen LogP contribution in [0.4, 0.5) is 0 Å². The molecule has 100 valence electrons. The summed E-state index contributed by atoms with van der Waals surface area (Å²) in [5.74, 6) is 0.346. The number of carbonyl (C=O) groups is 2. The van der Waals surface area contributed by atoms with Crippen LogP contribution in [0.15, 0.2) is 0 Å². The molecule has 0 aromatic rings. The first-order valence-electron chi connectivity index (χ1n) is 7.17. The van der Waals surface area contributed by atoms with Crippen LogP contribution in [0.5, 0.6) is 0 Å². The maximum Gasteiger partial charge on any atom is 0.245 e. The van der Waals surface area contributed by atoms with Gasteiger partial charge < -0.3 is 9.80 Å². The zero-order valence-electron chi connectivity index (χ0n) is 11.2. The molecule has 1 aliphatic carbocycles. The Hall–Kier alpha value is -1.06. The van der Waals surface area contributed by atoms with Crippen LogP contribution in [0.3, 0.4) is 0 Å². The molecule has 2 saturated heterocycles. The van der Waals surface area contributed by atoms with Crippen molar-refractivity contribution in [3.63, 3.8) is 0 Å². The van der Waals surface area contributed by atoms with E-state index in [1.165, 1.54) is 25.7 Å². The minimum atomic E-state index is -0.142. The monoisotopic (exact) mass is 250 g/mol. The predicted octanol–water partition coefficient (Wildman–Crippen LogP) is 1.40. The first-order valence-corrected chi connectivity index (χ1v) is 7.17. The summed E-state index contributed by atoms with van der Waals surface area (Å²) in [6, 6.07) is -0.142. The molecule has 1 unspecified atom stereocenters. The van der Waals surface area contributed by atoms with Crippen molar-refractivity contribution in [2.45, 2.75) is 51.5 Å². The van der Waals surface area contributed by atoms with E-state index in [9.17, 15) is 9.59 Å². The van der Waals surface area contributed by atoms with Gasteiger partial charge in [-0.3, -0.25) is 9.59 Å². The summed E-state index contributed by atoms with van der Waals surface area (Å²) in [5.41, 5.74) is 0.247. The van der Waals surface area contributed by atoms with Gasteiger partial charge in [-0.2, -0.15) is 0 Å². The quantitative estimate of drug-likeness (QED) is 0.743. The molecule has 3 rings (SSSR count). The van der Waals surface area contributed by atoms with Crippen LogP contribution in [0, 0.1) is 5.41 Å².